The normalized spacial score (nSPS) is 19.2. The fraction of sp³-hybridized carbons (Fsp3) is 0.615. The lowest BCUT2D eigenvalue weighted by Gasteiger charge is -2.16. The summed E-state index contributed by atoms with van der Waals surface area (Å²) < 4.78 is 0. The summed E-state index contributed by atoms with van der Waals surface area (Å²) in [6, 6.07) is 2.10. The van der Waals surface area contributed by atoms with Crippen molar-refractivity contribution in [2.45, 2.75) is 39.5 Å². The van der Waals surface area contributed by atoms with Crippen molar-refractivity contribution < 1.29 is 4.79 Å². The number of nitrogens with one attached hydrogen (secondary N) is 1. The highest BCUT2D eigenvalue weighted by Crippen LogP contribution is 2.32. The zero-order chi connectivity index (χ0) is 11.5. The van der Waals surface area contributed by atoms with Gasteiger partial charge in [-0.3, -0.25) is 4.79 Å². The predicted molar refractivity (Wildman–Crippen MR) is 68.1 cm³/mol. The average molecular weight is 237 g/mol. The van der Waals surface area contributed by atoms with E-state index in [2.05, 4.69) is 25.2 Å². The molecule has 0 aromatic carbocycles. The van der Waals surface area contributed by atoms with Crippen LogP contribution >= 0.6 is 11.3 Å². The van der Waals surface area contributed by atoms with Gasteiger partial charge in [0.05, 0.1) is 4.88 Å². The minimum Gasteiger partial charge on any atom is -0.351 e. The van der Waals surface area contributed by atoms with Crippen LogP contribution in [0, 0.1) is 5.92 Å². The van der Waals surface area contributed by atoms with E-state index in [0.29, 0.717) is 0 Å². The van der Waals surface area contributed by atoms with E-state index < -0.39 is 0 Å². The lowest BCUT2D eigenvalue weighted by molar-refractivity contribution is 0.0957. The number of carbonyl (C=O) groups excluding carboxylic acids is 1. The number of carbonyl (C=O) groups is 1. The first-order valence-electron chi connectivity index (χ1n) is 6.10. The summed E-state index contributed by atoms with van der Waals surface area (Å²) in [6.07, 6.45) is 4.56. The fourth-order valence-electron chi connectivity index (χ4n) is 2.14. The molecule has 1 aliphatic carbocycles. The van der Waals surface area contributed by atoms with Crippen molar-refractivity contribution in [3.8, 4) is 0 Å². The third-order valence-corrected chi connectivity index (χ3v) is 4.32. The zero-order valence-corrected chi connectivity index (χ0v) is 10.8. The number of amides is 1. The Hall–Kier alpha value is -0.830. The van der Waals surface area contributed by atoms with Crippen molar-refractivity contribution in [3.63, 3.8) is 0 Å². The zero-order valence-electron chi connectivity index (χ0n) is 10.0. The molecule has 1 amide bonds. The molecule has 1 unspecified atom stereocenters. The second-order valence-corrected chi connectivity index (χ2v) is 5.80. The maximum Gasteiger partial charge on any atom is 0.261 e. The van der Waals surface area contributed by atoms with Crippen LogP contribution in [0.1, 0.15) is 46.8 Å². The number of hydrogen-bond acceptors (Lipinski definition) is 2. The smallest absolute Gasteiger partial charge is 0.261 e. The molecular formula is C13H19NOS. The van der Waals surface area contributed by atoms with Gasteiger partial charge < -0.3 is 5.32 Å². The van der Waals surface area contributed by atoms with E-state index in [-0.39, 0.29) is 5.91 Å². The van der Waals surface area contributed by atoms with Gasteiger partial charge in [-0.05, 0) is 43.2 Å². The summed E-state index contributed by atoms with van der Waals surface area (Å²) in [4.78, 5) is 14.1. The molecule has 1 atom stereocenters. The molecule has 1 aromatic heterocycles. The first kappa shape index (κ1) is 11.6. The predicted octanol–water partition coefficient (Wildman–Crippen LogP) is 3.01. The number of fused-ring (bicyclic) bond motifs is 1. The average Bonchev–Trinajstić information content (AvgIpc) is 2.68. The molecule has 0 aliphatic heterocycles. The largest absolute Gasteiger partial charge is 0.351 e. The monoisotopic (exact) mass is 237 g/mol. The highest BCUT2D eigenvalue weighted by atomic mass is 32.1. The van der Waals surface area contributed by atoms with Gasteiger partial charge in [0.15, 0.2) is 0 Å². The second-order valence-electron chi connectivity index (χ2n) is 4.66. The summed E-state index contributed by atoms with van der Waals surface area (Å²) in [5.74, 6) is 0.877. The minimum absolute atomic E-state index is 0.105. The van der Waals surface area contributed by atoms with Crippen molar-refractivity contribution in [2.75, 3.05) is 6.54 Å². The van der Waals surface area contributed by atoms with Gasteiger partial charge in [0.25, 0.3) is 5.91 Å². The van der Waals surface area contributed by atoms with Crippen LogP contribution in [0.4, 0.5) is 0 Å². The highest BCUT2D eigenvalue weighted by Gasteiger charge is 2.20. The molecule has 3 heteroatoms. The van der Waals surface area contributed by atoms with Gasteiger partial charge in [-0.2, -0.15) is 0 Å². The first-order chi connectivity index (χ1) is 7.70. The Morgan fingerprint density at radius 2 is 2.44 bits per heavy atom. The van der Waals surface area contributed by atoms with Crippen LogP contribution in [0.5, 0.6) is 0 Å². The minimum atomic E-state index is 0.105. The van der Waals surface area contributed by atoms with Gasteiger partial charge in [0.2, 0.25) is 0 Å². The maximum absolute atomic E-state index is 11.8. The molecule has 1 aromatic rings. The Kier molecular flexibility index (Phi) is 3.64. The Morgan fingerprint density at radius 3 is 3.19 bits per heavy atom. The molecule has 0 bridgehead atoms. The standard InChI is InChI=1S/C13H19NOS/c1-3-6-14-13(15)12-8-10-7-9(2)4-5-11(10)16-12/h8-9H,3-7H2,1-2H3,(H,14,15). The molecule has 0 saturated carbocycles. The Morgan fingerprint density at radius 1 is 1.62 bits per heavy atom. The topological polar surface area (TPSA) is 29.1 Å². The molecule has 0 spiro atoms. The van der Waals surface area contributed by atoms with E-state index in [9.17, 15) is 4.79 Å². The van der Waals surface area contributed by atoms with E-state index in [4.69, 9.17) is 0 Å². The number of hydrogen-bond donors (Lipinski definition) is 1. The van der Waals surface area contributed by atoms with Crippen molar-refractivity contribution in [1.82, 2.24) is 5.32 Å². The Bertz CT molecular complexity index is 383. The lowest BCUT2D eigenvalue weighted by Crippen LogP contribution is -2.22. The van der Waals surface area contributed by atoms with Crippen molar-refractivity contribution >= 4 is 17.2 Å². The van der Waals surface area contributed by atoms with Crippen LogP contribution < -0.4 is 5.32 Å². The molecule has 0 radical (unpaired) electrons. The van der Waals surface area contributed by atoms with Gasteiger partial charge in [-0.25, -0.2) is 0 Å². The van der Waals surface area contributed by atoms with E-state index in [1.165, 1.54) is 16.9 Å². The SMILES string of the molecule is CCCNC(=O)c1cc2c(s1)CCC(C)C2. The van der Waals surface area contributed by atoms with Gasteiger partial charge in [0.1, 0.15) is 0 Å². The van der Waals surface area contributed by atoms with E-state index >= 15 is 0 Å². The van der Waals surface area contributed by atoms with Gasteiger partial charge in [0, 0.05) is 11.4 Å². The van der Waals surface area contributed by atoms with Crippen LogP contribution in [-0.4, -0.2) is 12.5 Å². The molecule has 1 N–H and O–H groups in total. The summed E-state index contributed by atoms with van der Waals surface area (Å²) in [6.45, 7) is 5.14. The van der Waals surface area contributed by atoms with Crippen LogP contribution in [0.15, 0.2) is 6.07 Å². The summed E-state index contributed by atoms with van der Waals surface area (Å²) in [7, 11) is 0. The Labute approximate surface area is 101 Å². The van der Waals surface area contributed by atoms with E-state index in [1.807, 2.05) is 0 Å². The van der Waals surface area contributed by atoms with Crippen molar-refractivity contribution in [1.29, 1.82) is 0 Å². The van der Waals surface area contributed by atoms with Gasteiger partial charge in [-0.15, -0.1) is 11.3 Å². The third kappa shape index (κ3) is 2.46. The molecule has 2 nitrogen and oxygen atoms in total. The molecule has 1 aliphatic rings. The van der Waals surface area contributed by atoms with Crippen LogP contribution in [0.25, 0.3) is 0 Å². The molecule has 2 rings (SSSR count). The van der Waals surface area contributed by atoms with E-state index in [1.54, 1.807) is 11.3 Å². The summed E-state index contributed by atoms with van der Waals surface area (Å²) >= 11 is 1.68. The maximum atomic E-state index is 11.8. The third-order valence-electron chi connectivity index (χ3n) is 3.09. The summed E-state index contributed by atoms with van der Waals surface area (Å²) in [5, 5.41) is 2.94. The molecule has 88 valence electrons. The van der Waals surface area contributed by atoms with Gasteiger partial charge in [-0.1, -0.05) is 13.8 Å². The van der Waals surface area contributed by atoms with E-state index in [0.717, 1.165) is 36.6 Å². The number of rotatable bonds is 3. The van der Waals surface area contributed by atoms with Crippen LogP contribution in [0.2, 0.25) is 0 Å². The highest BCUT2D eigenvalue weighted by molar-refractivity contribution is 7.14. The quantitative estimate of drug-likeness (QED) is 0.860. The number of thiophene rings is 1. The second kappa shape index (κ2) is 5.00. The first-order valence-corrected chi connectivity index (χ1v) is 6.92. The molecule has 0 fully saturated rings. The Balaban J connectivity index is 2.09. The van der Waals surface area contributed by atoms with Crippen LogP contribution in [0.3, 0.4) is 0 Å². The number of aryl methyl sites for hydroxylation is 1. The lowest BCUT2D eigenvalue weighted by atomic mass is 9.90. The molecular weight excluding hydrogens is 218 g/mol. The fourth-order valence-corrected chi connectivity index (χ4v) is 3.27. The van der Waals surface area contributed by atoms with Crippen molar-refractivity contribution in [2.24, 2.45) is 5.92 Å². The van der Waals surface area contributed by atoms with Crippen molar-refractivity contribution in [3.05, 3.63) is 21.4 Å². The van der Waals surface area contributed by atoms with Gasteiger partial charge >= 0.3 is 0 Å². The molecule has 0 saturated heterocycles. The molecule has 1 heterocycles. The van der Waals surface area contributed by atoms with Crippen LogP contribution in [-0.2, 0) is 12.8 Å². The summed E-state index contributed by atoms with van der Waals surface area (Å²) in [5.41, 5.74) is 1.41. The molecule has 16 heavy (non-hydrogen) atoms.